The summed E-state index contributed by atoms with van der Waals surface area (Å²) in [6.07, 6.45) is 2.22. The van der Waals surface area contributed by atoms with E-state index in [1.54, 1.807) is 0 Å². The maximum atomic E-state index is 6.13. The van der Waals surface area contributed by atoms with Gasteiger partial charge in [0, 0.05) is 44.0 Å². The molecule has 8 aromatic rings. The lowest BCUT2D eigenvalue weighted by atomic mass is 9.83. The van der Waals surface area contributed by atoms with E-state index in [-0.39, 0.29) is 7.12 Å². The van der Waals surface area contributed by atoms with E-state index in [1.807, 2.05) is 12.1 Å². The molecule has 4 nitrogen and oxygen atoms in total. The fourth-order valence-electron chi connectivity index (χ4n) is 7.07. The number of hydrogen-bond donors (Lipinski definition) is 0. The van der Waals surface area contributed by atoms with E-state index < -0.39 is 0 Å². The maximum Gasteiger partial charge on any atom is 0.518 e. The van der Waals surface area contributed by atoms with E-state index in [2.05, 4.69) is 123 Å². The molecule has 2 aliphatic rings. The normalized spacial score (nSPS) is 13.5. The minimum Gasteiger partial charge on any atom is -0.456 e. The Morgan fingerprint density at radius 3 is 2.33 bits per heavy atom. The zero-order valence-electron chi connectivity index (χ0n) is 20.9. The van der Waals surface area contributed by atoms with Gasteiger partial charge in [-0.15, -0.1) is 0 Å². The van der Waals surface area contributed by atoms with Crippen molar-refractivity contribution < 1.29 is 4.42 Å². The first kappa shape index (κ1) is 19.9. The van der Waals surface area contributed by atoms with Gasteiger partial charge in [0.1, 0.15) is 11.2 Å². The third kappa shape index (κ3) is 2.37. The zero-order chi connectivity index (χ0) is 25.2. The molecule has 0 aliphatic carbocycles. The van der Waals surface area contributed by atoms with E-state index in [1.165, 1.54) is 55.6 Å². The van der Waals surface area contributed by atoms with Gasteiger partial charge in [0.15, 0.2) is 0 Å². The highest BCUT2D eigenvalue weighted by Gasteiger charge is 2.45. The Balaban J connectivity index is 1.31. The van der Waals surface area contributed by atoms with Crippen molar-refractivity contribution in [2.24, 2.45) is 0 Å². The Hall–Kier alpha value is -5.16. The van der Waals surface area contributed by atoms with Gasteiger partial charge in [-0.05, 0) is 71.9 Å². The number of hydrogen-bond acceptors (Lipinski definition) is 2. The van der Waals surface area contributed by atoms with Crippen LogP contribution in [0.1, 0.15) is 0 Å². The molecule has 39 heavy (non-hydrogen) atoms. The van der Waals surface area contributed by atoms with Crippen molar-refractivity contribution in [2.45, 2.75) is 0 Å². The molecule has 0 saturated heterocycles. The van der Waals surface area contributed by atoms with Gasteiger partial charge in [-0.1, -0.05) is 60.7 Å². The van der Waals surface area contributed by atoms with Crippen LogP contribution < -0.4 is 4.81 Å². The molecule has 0 atom stereocenters. The highest BCUT2D eigenvalue weighted by Crippen LogP contribution is 2.51. The minimum atomic E-state index is 0.0119. The van der Waals surface area contributed by atoms with Crippen molar-refractivity contribution in [1.29, 1.82) is 0 Å². The van der Waals surface area contributed by atoms with Gasteiger partial charge in [0.05, 0.1) is 11.2 Å². The van der Waals surface area contributed by atoms with Gasteiger partial charge in [-0.3, -0.25) is 0 Å². The molecule has 0 spiro atoms. The Labute approximate surface area is 224 Å². The van der Waals surface area contributed by atoms with Crippen LogP contribution in [0.4, 0.5) is 11.4 Å². The molecule has 5 heterocycles. The summed E-state index contributed by atoms with van der Waals surface area (Å²) in [6.45, 7) is 0. The van der Waals surface area contributed by atoms with Crippen LogP contribution in [-0.4, -0.2) is 16.1 Å². The van der Waals surface area contributed by atoms with Crippen molar-refractivity contribution in [3.8, 4) is 22.4 Å². The van der Waals surface area contributed by atoms with Crippen molar-refractivity contribution in [3.05, 3.63) is 121 Å². The van der Waals surface area contributed by atoms with Crippen molar-refractivity contribution >= 4 is 62.2 Å². The molecule has 0 amide bonds. The summed E-state index contributed by atoms with van der Waals surface area (Å²) >= 11 is 0. The average molecular weight is 497 g/mol. The molecule has 5 aromatic carbocycles. The summed E-state index contributed by atoms with van der Waals surface area (Å²) in [5.41, 5.74) is 11.8. The van der Waals surface area contributed by atoms with E-state index in [0.29, 0.717) is 0 Å². The van der Waals surface area contributed by atoms with Crippen LogP contribution in [0.2, 0.25) is 0 Å². The quantitative estimate of drug-likeness (QED) is 0.212. The number of fused-ring (bicyclic) bond motifs is 14. The fraction of sp³-hybridized carbons (Fsp3) is 0. The number of benzene rings is 5. The Morgan fingerprint density at radius 2 is 1.36 bits per heavy atom. The summed E-state index contributed by atoms with van der Waals surface area (Å²) in [4.78, 5) is 2.52. The lowest BCUT2D eigenvalue weighted by molar-refractivity contribution is 0.669. The van der Waals surface area contributed by atoms with Gasteiger partial charge >= 0.3 is 7.12 Å². The molecule has 2 aliphatic heterocycles. The molecule has 0 radical (unpaired) electrons. The topological polar surface area (TPSA) is 26.2 Å². The van der Waals surface area contributed by atoms with E-state index in [9.17, 15) is 0 Å². The van der Waals surface area contributed by atoms with Crippen molar-refractivity contribution in [3.63, 3.8) is 0 Å². The van der Waals surface area contributed by atoms with Crippen LogP contribution in [0.25, 0.3) is 66.1 Å². The third-order valence-corrected chi connectivity index (χ3v) is 8.68. The molecule has 180 valence electrons. The Morgan fingerprint density at radius 1 is 0.564 bits per heavy atom. The molecule has 0 unspecified atom stereocenters. The SMILES string of the molecule is c1ccc2c(c1)-c1cccn1B1N2c2cc(-c3ccc4oc5ccccc5c4c3)cc3c4ccccc4n1c23. The molecule has 0 N–H and O–H groups in total. The average Bonchev–Trinajstić information content (AvgIpc) is 3.76. The van der Waals surface area contributed by atoms with Crippen LogP contribution in [-0.2, 0) is 0 Å². The summed E-state index contributed by atoms with van der Waals surface area (Å²) in [6, 6.07) is 41.7. The van der Waals surface area contributed by atoms with Gasteiger partial charge < -0.3 is 18.2 Å². The summed E-state index contributed by atoms with van der Waals surface area (Å²) in [7, 11) is 0.0119. The van der Waals surface area contributed by atoms with Crippen LogP contribution >= 0.6 is 0 Å². The third-order valence-electron chi connectivity index (χ3n) is 8.68. The second-order valence-corrected chi connectivity index (χ2v) is 10.6. The Bertz CT molecular complexity index is 2320. The Kier molecular flexibility index (Phi) is 3.48. The lowest BCUT2D eigenvalue weighted by Crippen LogP contribution is -2.47. The number of anilines is 2. The second-order valence-electron chi connectivity index (χ2n) is 10.6. The second kappa shape index (κ2) is 6.83. The molecule has 0 fully saturated rings. The fourth-order valence-corrected chi connectivity index (χ4v) is 7.07. The highest BCUT2D eigenvalue weighted by molar-refractivity contribution is 6.68. The number of furan rings is 1. The molecule has 0 saturated carbocycles. The monoisotopic (exact) mass is 497 g/mol. The predicted molar refractivity (Wildman–Crippen MR) is 161 cm³/mol. The smallest absolute Gasteiger partial charge is 0.456 e. The van der Waals surface area contributed by atoms with E-state index >= 15 is 0 Å². The minimum absolute atomic E-state index is 0.0119. The summed E-state index contributed by atoms with van der Waals surface area (Å²) < 4.78 is 11.1. The lowest BCUT2D eigenvalue weighted by Gasteiger charge is -2.34. The van der Waals surface area contributed by atoms with Crippen molar-refractivity contribution in [2.75, 3.05) is 4.81 Å². The van der Waals surface area contributed by atoms with Crippen LogP contribution in [0.5, 0.6) is 0 Å². The molecule has 5 heteroatoms. The zero-order valence-corrected chi connectivity index (χ0v) is 20.9. The van der Waals surface area contributed by atoms with E-state index in [4.69, 9.17) is 4.42 Å². The van der Waals surface area contributed by atoms with Gasteiger partial charge in [-0.2, -0.15) is 0 Å². The highest BCUT2D eigenvalue weighted by atomic mass is 16.3. The maximum absolute atomic E-state index is 6.13. The summed E-state index contributed by atoms with van der Waals surface area (Å²) in [5, 5.41) is 4.88. The molecular weight excluding hydrogens is 477 g/mol. The number of para-hydroxylation sites is 3. The first-order chi connectivity index (χ1) is 19.3. The van der Waals surface area contributed by atoms with Crippen LogP contribution in [0.15, 0.2) is 126 Å². The van der Waals surface area contributed by atoms with E-state index in [0.717, 1.165) is 21.9 Å². The van der Waals surface area contributed by atoms with Gasteiger partial charge in [0.25, 0.3) is 0 Å². The van der Waals surface area contributed by atoms with Crippen LogP contribution in [0.3, 0.4) is 0 Å². The van der Waals surface area contributed by atoms with Gasteiger partial charge in [-0.25, -0.2) is 0 Å². The van der Waals surface area contributed by atoms with Crippen molar-refractivity contribution in [1.82, 2.24) is 8.96 Å². The standard InChI is InChI=1S/C34H20BN3O/c1-4-11-29-23(8-1)27-19-22(21-15-16-33-26(18-21)24-9-3-6-14-32(24)39-33)20-31-34(27)38(29)35-36-17-7-13-28(36)25-10-2-5-12-30(25)37(31)35/h1-20H. The van der Waals surface area contributed by atoms with Crippen LogP contribution in [0, 0.1) is 0 Å². The predicted octanol–water partition coefficient (Wildman–Crippen LogP) is 8.68. The number of nitrogens with zero attached hydrogens (tertiary/aromatic N) is 3. The largest absolute Gasteiger partial charge is 0.518 e. The number of aromatic nitrogens is 2. The molecule has 10 rings (SSSR count). The number of rotatable bonds is 1. The first-order valence-electron chi connectivity index (χ1n) is 13.4. The molecule has 0 bridgehead atoms. The molecule has 3 aromatic heterocycles. The van der Waals surface area contributed by atoms with Gasteiger partial charge in [0.2, 0.25) is 0 Å². The summed E-state index contributed by atoms with van der Waals surface area (Å²) in [5.74, 6) is 0. The first-order valence-corrected chi connectivity index (χ1v) is 13.4. The molecular formula is C34H20BN3O.